The standard InChI is InChI=1S/C11H17FN4S/c1-11(2)7-16(4-5-17-11)9-8(12)6-14-10(13-3)15-9/h6H,4-5,7H2,1-3H3,(H,13,14,15). The van der Waals surface area contributed by atoms with Crippen LogP contribution < -0.4 is 10.2 Å². The van der Waals surface area contributed by atoms with Gasteiger partial charge in [0.2, 0.25) is 5.95 Å². The molecule has 1 fully saturated rings. The fourth-order valence-electron chi connectivity index (χ4n) is 1.90. The van der Waals surface area contributed by atoms with Gasteiger partial charge in [0.1, 0.15) is 0 Å². The van der Waals surface area contributed by atoms with Crippen LogP contribution in [0.25, 0.3) is 0 Å². The van der Waals surface area contributed by atoms with Crippen molar-refractivity contribution in [1.82, 2.24) is 9.97 Å². The normalized spacial score (nSPS) is 19.2. The van der Waals surface area contributed by atoms with Gasteiger partial charge in [-0.25, -0.2) is 9.37 Å². The van der Waals surface area contributed by atoms with E-state index >= 15 is 0 Å². The topological polar surface area (TPSA) is 41.1 Å². The van der Waals surface area contributed by atoms with E-state index in [1.807, 2.05) is 16.7 Å². The first-order valence-electron chi connectivity index (χ1n) is 5.61. The van der Waals surface area contributed by atoms with Crippen molar-refractivity contribution in [3.8, 4) is 0 Å². The Bertz CT molecular complexity index is 410. The van der Waals surface area contributed by atoms with Crippen LogP contribution in [0, 0.1) is 5.82 Å². The van der Waals surface area contributed by atoms with Gasteiger partial charge in [-0.1, -0.05) is 0 Å². The van der Waals surface area contributed by atoms with Crippen molar-refractivity contribution >= 4 is 23.5 Å². The van der Waals surface area contributed by atoms with Gasteiger partial charge in [0.15, 0.2) is 11.6 Å². The van der Waals surface area contributed by atoms with Crippen LogP contribution in [-0.4, -0.2) is 40.6 Å². The molecule has 0 amide bonds. The summed E-state index contributed by atoms with van der Waals surface area (Å²) in [5, 5.41) is 2.83. The highest BCUT2D eigenvalue weighted by atomic mass is 32.2. The monoisotopic (exact) mass is 256 g/mol. The van der Waals surface area contributed by atoms with Crippen LogP contribution in [-0.2, 0) is 0 Å². The van der Waals surface area contributed by atoms with Crippen LogP contribution in [0.5, 0.6) is 0 Å². The van der Waals surface area contributed by atoms with Gasteiger partial charge in [-0.05, 0) is 13.8 Å². The number of rotatable bonds is 2. The first-order chi connectivity index (χ1) is 8.02. The van der Waals surface area contributed by atoms with Crippen molar-refractivity contribution in [3.63, 3.8) is 0 Å². The Labute approximate surface area is 105 Å². The summed E-state index contributed by atoms with van der Waals surface area (Å²) in [6.45, 7) is 5.96. The molecule has 6 heteroatoms. The predicted octanol–water partition coefficient (Wildman–Crippen LogP) is 1.99. The molecule has 0 bridgehead atoms. The third-order valence-corrected chi connectivity index (χ3v) is 3.97. The second-order valence-electron chi connectivity index (χ2n) is 4.64. The van der Waals surface area contributed by atoms with Gasteiger partial charge in [0, 0.05) is 30.6 Å². The van der Waals surface area contributed by atoms with E-state index < -0.39 is 0 Å². The molecule has 94 valence electrons. The maximum atomic E-state index is 13.7. The number of nitrogens with zero attached hydrogens (tertiary/aromatic N) is 3. The Morgan fingerprint density at radius 3 is 2.94 bits per heavy atom. The van der Waals surface area contributed by atoms with E-state index in [1.54, 1.807) is 7.05 Å². The molecular weight excluding hydrogens is 239 g/mol. The van der Waals surface area contributed by atoms with Crippen LogP contribution in [0.1, 0.15) is 13.8 Å². The van der Waals surface area contributed by atoms with Crippen molar-refractivity contribution in [2.75, 3.05) is 36.1 Å². The molecule has 0 unspecified atom stereocenters. The quantitative estimate of drug-likeness (QED) is 0.876. The first-order valence-corrected chi connectivity index (χ1v) is 6.59. The molecule has 1 aromatic heterocycles. The highest BCUT2D eigenvalue weighted by molar-refractivity contribution is 8.00. The minimum atomic E-state index is -0.355. The lowest BCUT2D eigenvalue weighted by Crippen LogP contribution is -2.44. The molecule has 0 saturated carbocycles. The molecular formula is C11H17FN4S. The van der Waals surface area contributed by atoms with Gasteiger partial charge in [0.25, 0.3) is 0 Å². The molecule has 0 atom stereocenters. The molecule has 4 nitrogen and oxygen atoms in total. The Kier molecular flexibility index (Phi) is 3.42. The molecule has 1 aliphatic rings. The second-order valence-corrected chi connectivity index (χ2v) is 6.45. The minimum Gasteiger partial charge on any atom is -0.357 e. The number of halogens is 1. The molecule has 2 rings (SSSR count). The maximum absolute atomic E-state index is 13.7. The Morgan fingerprint density at radius 1 is 1.53 bits per heavy atom. The molecule has 1 aromatic rings. The summed E-state index contributed by atoms with van der Waals surface area (Å²) in [6, 6.07) is 0. The number of hydrogen-bond donors (Lipinski definition) is 1. The molecule has 0 spiro atoms. The average molecular weight is 256 g/mol. The molecule has 1 saturated heterocycles. The third-order valence-electron chi connectivity index (χ3n) is 2.67. The van der Waals surface area contributed by atoms with Crippen LogP contribution in [0.3, 0.4) is 0 Å². The summed E-state index contributed by atoms with van der Waals surface area (Å²) in [7, 11) is 1.73. The Hall–Kier alpha value is -1.04. The first kappa shape index (κ1) is 12.4. The summed E-state index contributed by atoms with van der Waals surface area (Å²) in [5.41, 5.74) is 0. The van der Waals surface area contributed by atoms with Crippen LogP contribution in [0.4, 0.5) is 16.2 Å². The van der Waals surface area contributed by atoms with Gasteiger partial charge in [-0.2, -0.15) is 16.7 Å². The number of nitrogens with one attached hydrogen (secondary N) is 1. The van der Waals surface area contributed by atoms with Crippen molar-refractivity contribution in [2.24, 2.45) is 0 Å². The smallest absolute Gasteiger partial charge is 0.224 e. The Balaban J connectivity index is 2.26. The highest BCUT2D eigenvalue weighted by Crippen LogP contribution is 2.32. The van der Waals surface area contributed by atoms with E-state index in [-0.39, 0.29) is 10.6 Å². The number of hydrogen-bond acceptors (Lipinski definition) is 5. The lowest BCUT2D eigenvalue weighted by molar-refractivity contribution is 0.583. The zero-order valence-corrected chi connectivity index (χ0v) is 11.1. The van der Waals surface area contributed by atoms with Crippen LogP contribution in [0.15, 0.2) is 6.20 Å². The van der Waals surface area contributed by atoms with Crippen molar-refractivity contribution in [3.05, 3.63) is 12.0 Å². The molecule has 0 aromatic carbocycles. The number of aromatic nitrogens is 2. The molecule has 2 heterocycles. The predicted molar refractivity (Wildman–Crippen MR) is 70.3 cm³/mol. The number of anilines is 2. The van der Waals surface area contributed by atoms with Gasteiger partial charge < -0.3 is 10.2 Å². The van der Waals surface area contributed by atoms with E-state index in [2.05, 4.69) is 29.1 Å². The summed E-state index contributed by atoms with van der Waals surface area (Å²) in [5.74, 6) is 1.49. The second kappa shape index (κ2) is 4.68. The summed E-state index contributed by atoms with van der Waals surface area (Å²) in [6.07, 6.45) is 1.23. The van der Waals surface area contributed by atoms with Crippen molar-refractivity contribution in [1.29, 1.82) is 0 Å². The van der Waals surface area contributed by atoms with Gasteiger partial charge in [-0.3, -0.25) is 0 Å². The zero-order valence-electron chi connectivity index (χ0n) is 10.3. The lowest BCUT2D eigenvalue weighted by Gasteiger charge is -2.38. The fraction of sp³-hybridized carbons (Fsp3) is 0.636. The molecule has 1 N–H and O–H groups in total. The van der Waals surface area contributed by atoms with E-state index in [4.69, 9.17) is 0 Å². The minimum absolute atomic E-state index is 0.134. The summed E-state index contributed by atoms with van der Waals surface area (Å²) in [4.78, 5) is 10.1. The van der Waals surface area contributed by atoms with Gasteiger partial charge in [-0.15, -0.1) is 0 Å². The molecule has 17 heavy (non-hydrogen) atoms. The van der Waals surface area contributed by atoms with Crippen molar-refractivity contribution in [2.45, 2.75) is 18.6 Å². The summed E-state index contributed by atoms with van der Waals surface area (Å²) < 4.78 is 13.9. The highest BCUT2D eigenvalue weighted by Gasteiger charge is 2.29. The van der Waals surface area contributed by atoms with E-state index in [9.17, 15) is 4.39 Å². The summed E-state index contributed by atoms with van der Waals surface area (Å²) >= 11 is 1.91. The Morgan fingerprint density at radius 2 is 2.29 bits per heavy atom. The average Bonchev–Trinajstić information content (AvgIpc) is 2.28. The van der Waals surface area contributed by atoms with E-state index in [0.717, 1.165) is 18.8 Å². The molecule has 0 radical (unpaired) electrons. The molecule has 1 aliphatic heterocycles. The van der Waals surface area contributed by atoms with Crippen LogP contribution in [0.2, 0.25) is 0 Å². The van der Waals surface area contributed by atoms with E-state index in [1.165, 1.54) is 6.20 Å². The van der Waals surface area contributed by atoms with E-state index in [0.29, 0.717) is 11.8 Å². The third kappa shape index (κ3) is 2.80. The maximum Gasteiger partial charge on any atom is 0.224 e. The van der Waals surface area contributed by atoms with Crippen LogP contribution >= 0.6 is 11.8 Å². The van der Waals surface area contributed by atoms with Gasteiger partial charge >= 0.3 is 0 Å². The fourth-order valence-corrected chi connectivity index (χ4v) is 3.01. The lowest BCUT2D eigenvalue weighted by atomic mass is 10.2. The van der Waals surface area contributed by atoms with Gasteiger partial charge in [0.05, 0.1) is 6.20 Å². The largest absolute Gasteiger partial charge is 0.357 e. The number of thioether (sulfide) groups is 1. The zero-order chi connectivity index (χ0) is 12.5. The molecule has 0 aliphatic carbocycles. The van der Waals surface area contributed by atoms with Crippen molar-refractivity contribution < 1.29 is 4.39 Å². The SMILES string of the molecule is CNc1ncc(F)c(N2CCSC(C)(C)C2)n1.